The van der Waals surface area contributed by atoms with Gasteiger partial charge in [0.1, 0.15) is 5.75 Å². The molecule has 4 heteroatoms. The van der Waals surface area contributed by atoms with E-state index in [0.29, 0.717) is 0 Å². The lowest BCUT2D eigenvalue weighted by Gasteiger charge is -2.40. The SMILES string of the molecule is CC[C@@]1(c2cccc(OC)c2)CN(C)CC[S@@]1=O. The van der Waals surface area contributed by atoms with Crippen LogP contribution in [-0.2, 0) is 15.5 Å². The fraction of sp³-hybridized carbons (Fsp3) is 0.571. The Hall–Kier alpha value is -0.870. The molecule has 1 aromatic carbocycles. The van der Waals surface area contributed by atoms with Gasteiger partial charge in [0.2, 0.25) is 0 Å². The monoisotopic (exact) mass is 267 g/mol. The molecule has 2 rings (SSSR count). The molecular formula is C14H21NO2S. The van der Waals surface area contributed by atoms with Gasteiger partial charge in [0.15, 0.2) is 0 Å². The van der Waals surface area contributed by atoms with E-state index in [1.165, 1.54) is 0 Å². The third-order valence-corrected chi connectivity index (χ3v) is 5.86. The predicted octanol–water partition coefficient (Wildman–Crippen LogP) is 1.99. The van der Waals surface area contributed by atoms with Crippen molar-refractivity contribution in [1.29, 1.82) is 0 Å². The van der Waals surface area contributed by atoms with Gasteiger partial charge in [-0.2, -0.15) is 0 Å². The molecule has 0 unspecified atom stereocenters. The summed E-state index contributed by atoms with van der Waals surface area (Å²) in [7, 11) is 2.95. The smallest absolute Gasteiger partial charge is 0.119 e. The van der Waals surface area contributed by atoms with Gasteiger partial charge in [0, 0.05) is 29.6 Å². The summed E-state index contributed by atoms with van der Waals surface area (Å²) >= 11 is 0. The van der Waals surface area contributed by atoms with Crippen molar-refractivity contribution in [2.75, 3.05) is 33.0 Å². The summed E-state index contributed by atoms with van der Waals surface area (Å²) in [5, 5.41) is 0. The zero-order chi connectivity index (χ0) is 13.2. The molecule has 2 atom stereocenters. The van der Waals surface area contributed by atoms with Gasteiger partial charge in [-0.3, -0.25) is 4.21 Å². The summed E-state index contributed by atoms with van der Waals surface area (Å²) in [4.78, 5) is 2.27. The Labute approximate surface area is 112 Å². The number of benzene rings is 1. The summed E-state index contributed by atoms with van der Waals surface area (Å²) < 4.78 is 17.6. The first-order valence-corrected chi connectivity index (χ1v) is 7.66. The van der Waals surface area contributed by atoms with Gasteiger partial charge < -0.3 is 9.64 Å². The van der Waals surface area contributed by atoms with Crippen molar-refractivity contribution in [3.63, 3.8) is 0 Å². The summed E-state index contributed by atoms with van der Waals surface area (Å²) in [6.45, 7) is 3.89. The Morgan fingerprint density at radius 2 is 2.28 bits per heavy atom. The van der Waals surface area contributed by atoms with Crippen molar-refractivity contribution in [2.45, 2.75) is 18.1 Å². The summed E-state index contributed by atoms with van der Waals surface area (Å²) in [6, 6.07) is 8.02. The fourth-order valence-electron chi connectivity index (χ4n) is 2.63. The van der Waals surface area contributed by atoms with Crippen LogP contribution >= 0.6 is 0 Å². The molecule has 1 fully saturated rings. The molecule has 1 aromatic rings. The van der Waals surface area contributed by atoms with Crippen molar-refractivity contribution < 1.29 is 8.95 Å². The number of likely N-dealkylation sites (N-methyl/N-ethyl adjacent to an activating group) is 1. The van der Waals surface area contributed by atoms with E-state index in [-0.39, 0.29) is 4.75 Å². The second-order valence-electron chi connectivity index (χ2n) is 4.87. The van der Waals surface area contributed by atoms with Gasteiger partial charge >= 0.3 is 0 Å². The van der Waals surface area contributed by atoms with Crippen LogP contribution in [0.5, 0.6) is 5.75 Å². The Morgan fingerprint density at radius 1 is 1.50 bits per heavy atom. The minimum Gasteiger partial charge on any atom is -0.497 e. The van der Waals surface area contributed by atoms with Gasteiger partial charge in [-0.1, -0.05) is 19.1 Å². The highest BCUT2D eigenvalue weighted by atomic mass is 32.2. The molecule has 100 valence electrons. The van der Waals surface area contributed by atoms with E-state index in [0.717, 1.165) is 36.6 Å². The van der Waals surface area contributed by atoms with Crippen LogP contribution in [0.2, 0.25) is 0 Å². The van der Waals surface area contributed by atoms with Crippen LogP contribution in [0, 0.1) is 0 Å². The van der Waals surface area contributed by atoms with Crippen LogP contribution in [0.25, 0.3) is 0 Å². The van der Waals surface area contributed by atoms with Crippen LogP contribution in [-0.4, -0.2) is 42.1 Å². The van der Waals surface area contributed by atoms with Gasteiger partial charge in [-0.05, 0) is 31.2 Å². The number of hydrogen-bond acceptors (Lipinski definition) is 3. The fourth-order valence-corrected chi connectivity index (χ4v) is 4.57. The quantitative estimate of drug-likeness (QED) is 0.839. The Kier molecular flexibility index (Phi) is 4.07. The Bertz CT molecular complexity index is 449. The molecule has 18 heavy (non-hydrogen) atoms. The first-order chi connectivity index (χ1) is 8.62. The van der Waals surface area contributed by atoms with Crippen LogP contribution in [0.15, 0.2) is 24.3 Å². The molecule has 0 N–H and O–H groups in total. The van der Waals surface area contributed by atoms with Gasteiger partial charge in [0.25, 0.3) is 0 Å². The Morgan fingerprint density at radius 3 is 2.94 bits per heavy atom. The van der Waals surface area contributed by atoms with E-state index in [1.54, 1.807) is 7.11 Å². The molecule has 1 aliphatic rings. The van der Waals surface area contributed by atoms with Crippen molar-refractivity contribution >= 4 is 10.8 Å². The number of ether oxygens (including phenoxy) is 1. The van der Waals surface area contributed by atoms with Gasteiger partial charge in [-0.25, -0.2) is 0 Å². The zero-order valence-corrected chi connectivity index (χ0v) is 12.1. The van der Waals surface area contributed by atoms with Gasteiger partial charge in [0.05, 0.1) is 11.9 Å². The maximum absolute atomic E-state index is 12.5. The third-order valence-electron chi connectivity index (χ3n) is 3.79. The van der Waals surface area contributed by atoms with Crippen molar-refractivity contribution in [1.82, 2.24) is 4.90 Å². The maximum atomic E-state index is 12.5. The first kappa shape index (κ1) is 13.6. The molecule has 0 aliphatic carbocycles. The van der Waals surface area contributed by atoms with Crippen molar-refractivity contribution in [2.24, 2.45) is 0 Å². The minimum atomic E-state index is -0.816. The molecular weight excluding hydrogens is 246 g/mol. The minimum absolute atomic E-state index is 0.248. The lowest BCUT2D eigenvalue weighted by Crippen LogP contribution is -2.49. The van der Waals surface area contributed by atoms with E-state index in [2.05, 4.69) is 24.9 Å². The lowest BCUT2D eigenvalue weighted by molar-refractivity contribution is 0.287. The Balaban J connectivity index is 2.44. The summed E-state index contributed by atoms with van der Waals surface area (Å²) in [5.41, 5.74) is 1.13. The predicted molar refractivity (Wildman–Crippen MR) is 75.5 cm³/mol. The standard InChI is InChI=1S/C14H21NO2S/c1-4-14(11-15(2)8-9-18(14)16)12-6-5-7-13(10-12)17-3/h5-7,10H,4,8-9,11H2,1-3H3/t14-,18-/m0/s1. The molecule has 1 aliphatic heterocycles. The average Bonchev–Trinajstić information content (AvgIpc) is 2.41. The molecule has 1 heterocycles. The number of nitrogens with zero attached hydrogens (tertiary/aromatic N) is 1. The van der Waals surface area contributed by atoms with E-state index < -0.39 is 10.8 Å². The maximum Gasteiger partial charge on any atom is 0.119 e. The largest absolute Gasteiger partial charge is 0.497 e. The van der Waals surface area contributed by atoms with E-state index >= 15 is 0 Å². The molecule has 0 spiro atoms. The highest BCUT2D eigenvalue weighted by Gasteiger charge is 2.41. The molecule has 0 radical (unpaired) electrons. The third kappa shape index (κ3) is 2.31. The zero-order valence-electron chi connectivity index (χ0n) is 11.3. The molecule has 0 amide bonds. The van der Waals surface area contributed by atoms with E-state index in [4.69, 9.17) is 4.74 Å². The van der Waals surface area contributed by atoms with Crippen LogP contribution in [0.3, 0.4) is 0 Å². The second-order valence-corrected chi connectivity index (χ2v) is 6.75. The second kappa shape index (κ2) is 5.41. The van der Waals surface area contributed by atoms with Crippen LogP contribution in [0.1, 0.15) is 18.9 Å². The summed E-state index contributed by atoms with van der Waals surface area (Å²) in [5.74, 6) is 1.59. The van der Waals surface area contributed by atoms with Crippen LogP contribution < -0.4 is 4.74 Å². The number of hydrogen-bond donors (Lipinski definition) is 0. The number of methoxy groups -OCH3 is 1. The highest BCUT2D eigenvalue weighted by Crippen LogP contribution is 2.36. The van der Waals surface area contributed by atoms with Crippen molar-refractivity contribution in [3.05, 3.63) is 29.8 Å². The molecule has 3 nitrogen and oxygen atoms in total. The normalized spacial score (nSPS) is 29.2. The topological polar surface area (TPSA) is 29.5 Å². The van der Waals surface area contributed by atoms with Crippen LogP contribution in [0.4, 0.5) is 0 Å². The lowest BCUT2D eigenvalue weighted by atomic mass is 9.94. The molecule has 0 bridgehead atoms. The number of rotatable bonds is 3. The summed E-state index contributed by atoms with van der Waals surface area (Å²) in [6.07, 6.45) is 0.886. The van der Waals surface area contributed by atoms with E-state index in [9.17, 15) is 4.21 Å². The molecule has 0 saturated carbocycles. The first-order valence-electron chi connectivity index (χ1n) is 6.34. The molecule has 1 saturated heterocycles. The molecule has 0 aromatic heterocycles. The van der Waals surface area contributed by atoms with E-state index in [1.807, 2.05) is 18.2 Å². The van der Waals surface area contributed by atoms with Gasteiger partial charge in [-0.15, -0.1) is 0 Å². The highest BCUT2D eigenvalue weighted by molar-refractivity contribution is 7.86. The van der Waals surface area contributed by atoms with Crippen molar-refractivity contribution in [3.8, 4) is 5.75 Å². The average molecular weight is 267 g/mol.